The summed E-state index contributed by atoms with van der Waals surface area (Å²) < 4.78 is 6.64. The molecule has 162 valence electrons. The van der Waals surface area contributed by atoms with Crippen LogP contribution >= 0.6 is 0 Å². The number of hydrogen-bond acceptors (Lipinski definition) is 8. The van der Waals surface area contributed by atoms with Gasteiger partial charge in [-0.05, 0) is 12.1 Å². The van der Waals surface area contributed by atoms with Gasteiger partial charge >= 0.3 is 0 Å². The summed E-state index contributed by atoms with van der Waals surface area (Å²) in [6.45, 7) is 4.95. The molecule has 0 unspecified atom stereocenters. The number of aromatic nitrogens is 3. The number of para-hydroxylation sites is 1. The molecule has 0 amide bonds. The zero-order chi connectivity index (χ0) is 21.8. The molecule has 2 aromatic carbocycles. The number of piperazine rings is 1. The van der Waals surface area contributed by atoms with E-state index in [2.05, 4.69) is 20.1 Å². The lowest BCUT2D eigenvalue weighted by Crippen LogP contribution is -2.47. The third-order valence-corrected chi connectivity index (χ3v) is 5.61. The topological polar surface area (TPSA) is 107 Å². The Morgan fingerprint density at radius 3 is 2.52 bits per heavy atom. The number of nitro groups is 1. The van der Waals surface area contributed by atoms with Crippen LogP contribution in [0.2, 0.25) is 0 Å². The molecule has 1 aliphatic heterocycles. The lowest BCUT2D eigenvalue weighted by molar-refractivity contribution is -0.385. The molecule has 10 heteroatoms. The maximum atomic E-state index is 12.7. The van der Waals surface area contributed by atoms with Crippen molar-refractivity contribution in [3.05, 3.63) is 68.5 Å². The first-order chi connectivity index (χ1) is 15.1. The Hall–Kier alpha value is -3.37. The van der Waals surface area contributed by atoms with Crippen molar-refractivity contribution in [2.75, 3.05) is 39.8 Å². The summed E-state index contributed by atoms with van der Waals surface area (Å²) >= 11 is 0. The summed E-state index contributed by atoms with van der Waals surface area (Å²) in [7, 11) is 1.54. The fourth-order valence-electron chi connectivity index (χ4n) is 3.86. The molecule has 0 atom stereocenters. The summed E-state index contributed by atoms with van der Waals surface area (Å²) in [6, 6.07) is 12.1. The van der Waals surface area contributed by atoms with Crippen LogP contribution in [0.3, 0.4) is 0 Å². The minimum Gasteiger partial charge on any atom is -0.494 e. The smallest absolute Gasteiger partial charge is 0.277 e. The SMILES string of the molecule is COc1cccc2c(=O)n(CCN3CCN(Cc4ccccc4[N+](=O)[O-])CC3)nnc12. The normalized spacial score (nSPS) is 15.3. The van der Waals surface area contributed by atoms with E-state index in [-0.39, 0.29) is 16.2 Å². The molecule has 10 nitrogen and oxygen atoms in total. The van der Waals surface area contributed by atoms with Gasteiger partial charge in [-0.15, -0.1) is 5.10 Å². The molecule has 0 N–H and O–H groups in total. The second-order valence-corrected chi connectivity index (χ2v) is 7.48. The van der Waals surface area contributed by atoms with Gasteiger partial charge < -0.3 is 4.74 Å². The summed E-state index contributed by atoms with van der Waals surface area (Å²) in [5, 5.41) is 19.9. The van der Waals surface area contributed by atoms with Crippen LogP contribution in [0.25, 0.3) is 10.9 Å². The summed E-state index contributed by atoms with van der Waals surface area (Å²) in [5.41, 5.74) is 1.18. The quantitative estimate of drug-likeness (QED) is 0.415. The predicted molar refractivity (Wildman–Crippen MR) is 115 cm³/mol. The van der Waals surface area contributed by atoms with Crippen LogP contribution in [0.1, 0.15) is 5.56 Å². The van der Waals surface area contributed by atoms with Gasteiger partial charge in [0.15, 0.2) is 0 Å². The summed E-state index contributed by atoms with van der Waals surface area (Å²) in [5.74, 6) is 0.532. The molecule has 0 spiro atoms. The molecule has 0 radical (unpaired) electrons. The Morgan fingerprint density at radius 2 is 1.77 bits per heavy atom. The van der Waals surface area contributed by atoms with E-state index < -0.39 is 0 Å². The summed E-state index contributed by atoms with van der Waals surface area (Å²) in [4.78, 5) is 28.1. The Kier molecular flexibility index (Phi) is 6.19. The van der Waals surface area contributed by atoms with E-state index in [1.807, 2.05) is 12.1 Å². The Bertz CT molecular complexity index is 1140. The maximum absolute atomic E-state index is 12.7. The van der Waals surface area contributed by atoms with Crippen LogP contribution in [0.4, 0.5) is 5.69 Å². The number of ether oxygens (including phenoxy) is 1. The maximum Gasteiger partial charge on any atom is 0.277 e. The fourth-order valence-corrected chi connectivity index (χ4v) is 3.86. The van der Waals surface area contributed by atoms with E-state index in [1.54, 1.807) is 30.3 Å². The number of methoxy groups -OCH3 is 1. The van der Waals surface area contributed by atoms with Crippen LogP contribution in [0.5, 0.6) is 5.75 Å². The molecule has 0 aliphatic carbocycles. The second-order valence-electron chi connectivity index (χ2n) is 7.48. The highest BCUT2D eigenvalue weighted by Gasteiger charge is 2.21. The molecule has 2 heterocycles. The number of hydrogen-bond donors (Lipinski definition) is 0. The monoisotopic (exact) mass is 424 g/mol. The molecular weight excluding hydrogens is 400 g/mol. The van der Waals surface area contributed by atoms with E-state index in [1.165, 1.54) is 11.8 Å². The third kappa shape index (κ3) is 4.54. The molecule has 1 aromatic heterocycles. The molecule has 1 aliphatic rings. The van der Waals surface area contributed by atoms with Gasteiger partial charge in [0.1, 0.15) is 11.3 Å². The predicted octanol–water partition coefficient (Wildman–Crippen LogP) is 1.53. The molecule has 3 aromatic rings. The minimum absolute atomic E-state index is 0.163. The summed E-state index contributed by atoms with van der Waals surface area (Å²) in [6.07, 6.45) is 0. The van der Waals surface area contributed by atoms with E-state index >= 15 is 0 Å². The number of fused-ring (bicyclic) bond motifs is 1. The standard InChI is InChI=1S/C21H24N6O4/c1-31-19-8-4-6-17-20(19)22-23-26(21(17)28)14-13-24-9-11-25(12-10-24)15-16-5-2-3-7-18(16)27(29)30/h2-8H,9-15H2,1H3. The van der Waals surface area contributed by atoms with E-state index in [9.17, 15) is 14.9 Å². The fraction of sp³-hybridized carbons (Fsp3) is 0.381. The van der Waals surface area contributed by atoms with Gasteiger partial charge in [0.2, 0.25) is 0 Å². The van der Waals surface area contributed by atoms with Gasteiger partial charge in [-0.25, -0.2) is 4.68 Å². The van der Waals surface area contributed by atoms with Gasteiger partial charge in [0, 0.05) is 50.9 Å². The van der Waals surface area contributed by atoms with Gasteiger partial charge in [0.25, 0.3) is 11.2 Å². The Balaban J connectivity index is 1.34. The van der Waals surface area contributed by atoms with Crippen molar-refractivity contribution in [2.24, 2.45) is 0 Å². The molecule has 1 saturated heterocycles. The highest BCUT2D eigenvalue weighted by atomic mass is 16.6. The average Bonchev–Trinajstić information content (AvgIpc) is 2.79. The van der Waals surface area contributed by atoms with Crippen molar-refractivity contribution >= 4 is 16.6 Å². The van der Waals surface area contributed by atoms with Crippen LogP contribution in [0.15, 0.2) is 47.3 Å². The Labute approximate surface area is 178 Å². The van der Waals surface area contributed by atoms with Gasteiger partial charge in [-0.1, -0.05) is 29.5 Å². The van der Waals surface area contributed by atoms with Crippen LogP contribution in [-0.4, -0.2) is 69.6 Å². The van der Waals surface area contributed by atoms with Gasteiger partial charge in [-0.3, -0.25) is 24.7 Å². The molecule has 0 saturated carbocycles. The first-order valence-electron chi connectivity index (χ1n) is 10.1. The number of nitro benzene ring substituents is 1. The highest BCUT2D eigenvalue weighted by Crippen LogP contribution is 2.21. The number of nitrogens with zero attached hydrogens (tertiary/aromatic N) is 6. The molecule has 0 bridgehead atoms. The van der Waals surface area contributed by atoms with E-state index in [0.717, 1.165) is 31.7 Å². The van der Waals surface area contributed by atoms with E-state index in [4.69, 9.17) is 4.74 Å². The molecule has 1 fully saturated rings. The number of benzene rings is 2. The second kappa shape index (κ2) is 9.19. The van der Waals surface area contributed by atoms with Gasteiger partial charge in [-0.2, -0.15) is 0 Å². The zero-order valence-electron chi connectivity index (χ0n) is 17.3. The molecule has 31 heavy (non-hydrogen) atoms. The third-order valence-electron chi connectivity index (χ3n) is 5.61. The van der Waals surface area contributed by atoms with Crippen LogP contribution < -0.4 is 10.3 Å². The van der Waals surface area contributed by atoms with Crippen LogP contribution in [-0.2, 0) is 13.1 Å². The van der Waals surface area contributed by atoms with Crippen molar-refractivity contribution in [1.82, 2.24) is 24.8 Å². The first kappa shape index (κ1) is 20.9. The zero-order valence-corrected chi connectivity index (χ0v) is 17.3. The van der Waals surface area contributed by atoms with Crippen molar-refractivity contribution in [3.63, 3.8) is 0 Å². The molecular formula is C21H24N6O4. The average molecular weight is 424 g/mol. The number of rotatable bonds is 7. The molecule has 4 rings (SSSR count). The van der Waals surface area contributed by atoms with Gasteiger partial charge in [0.05, 0.1) is 24.0 Å². The Morgan fingerprint density at radius 1 is 1.03 bits per heavy atom. The van der Waals surface area contributed by atoms with Crippen LogP contribution in [0, 0.1) is 10.1 Å². The lowest BCUT2D eigenvalue weighted by Gasteiger charge is -2.34. The van der Waals surface area contributed by atoms with Crippen molar-refractivity contribution in [2.45, 2.75) is 13.1 Å². The highest BCUT2D eigenvalue weighted by molar-refractivity contribution is 5.82. The van der Waals surface area contributed by atoms with Crippen molar-refractivity contribution in [3.8, 4) is 5.75 Å². The lowest BCUT2D eigenvalue weighted by atomic mass is 10.1. The van der Waals surface area contributed by atoms with Crippen molar-refractivity contribution in [1.29, 1.82) is 0 Å². The largest absolute Gasteiger partial charge is 0.494 e. The van der Waals surface area contributed by atoms with E-state index in [0.29, 0.717) is 36.3 Å². The van der Waals surface area contributed by atoms with Crippen molar-refractivity contribution < 1.29 is 9.66 Å². The minimum atomic E-state index is -0.330. The first-order valence-corrected chi connectivity index (χ1v) is 10.1.